The molecule has 2 aromatic carbocycles. The van der Waals surface area contributed by atoms with Crippen molar-refractivity contribution in [1.29, 1.82) is 0 Å². The first-order chi connectivity index (χ1) is 9.60. The molecule has 0 radical (unpaired) electrons. The Hall–Kier alpha value is -2.07. The van der Waals surface area contributed by atoms with E-state index in [0.29, 0.717) is 5.56 Å². The molecule has 0 aliphatic heterocycles. The number of aryl methyl sites for hydroxylation is 1. The van der Waals surface area contributed by atoms with Crippen molar-refractivity contribution in [2.45, 2.75) is 11.8 Å². The highest BCUT2D eigenvalue weighted by Gasteiger charge is 2.13. The second kappa shape index (κ2) is 6.39. The topological polar surface area (TPSA) is 43.1 Å². The fraction of sp³-hybridized carbons (Fsp3) is 0.125. The molecule has 102 valence electrons. The molecule has 0 saturated carbocycles. The van der Waals surface area contributed by atoms with E-state index in [2.05, 4.69) is 0 Å². The SMILES string of the molecule is CSc1ccc(/C(=C\c2ccc(C)cc2)[N+](=O)[O-])cc1. The first-order valence-corrected chi connectivity index (χ1v) is 7.40. The van der Waals surface area contributed by atoms with Crippen molar-refractivity contribution < 1.29 is 4.92 Å². The zero-order chi connectivity index (χ0) is 14.5. The lowest BCUT2D eigenvalue weighted by Gasteiger charge is -2.01. The Bertz CT molecular complexity index is 631. The standard InChI is InChI=1S/C16H15NO2S/c1-12-3-5-13(6-4-12)11-16(17(18)19)14-7-9-15(20-2)10-8-14/h3-11H,1-2H3/b16-11+. The van der Waals surface area contributed by atoms with Crippen LogP contribution in [0.15, 0.2) is 53.4 Å². The van der Waals surface area contributed by atoms with Gasteiger partial charge >= 0.3 is 0 Å². The number of rotatable bonds is 4. The van der Waals surface area contributed by atoms with Gasteiger partial charge < -0.3 is 0 Å². The van der Waals surface area contributed by atoms with Crippen molar-refractivity contribution in [3.63, 3.8) is 0 Å². The van der Waals surface area contributed by atoms with Crippen LogP contribution in [-0.4, -0.2) is 11.2 Å². The molecule has 0 spiro atoms. The lowest BCUT2D eigenvalue weighted by molar-refractivity contribution is -0.374. The van der Waals surface area contributed by atoms with E-state index in [0.717, 1.165) is 16.0 Å². The molecule has 0 bridgehead atoms. The minimum Gasteiger partial charge on any atom is -0.258 e. The maximum atomic E-state index is 11.3. The summed E-state index contributed by atoms with van der Waals surface area (Å²) in [6.45, 7) is 1.99. The van der Waals surface area contributed by atoms with E-state index in [1.165, 1.54) is 0 Å². The first-order valence-electron chi connectivity index (χ1n) is 6.17. The van der Waals surface area contributed by atoms with Crippen LogP contribution in [0.4, 0.5) is 0 Å². The fourth-order valence-corrected chi connectivity index (χ4v) is 2.23. The Labute approximate surface area is 122 Å². The van der Waals surface area contributed by atoms with Gasteiger partial charge in [0.2, 0.25) is 0 Å². The number of hydrogen-bond acceptors (Lipinski definition) is 3. The van der Waals surface area contributed by atoms with Crippen LogP contribution in [0.1, 0.15) is 16.7 Å². The van der Waals surface area contributed by atoms with Gasteiger partial charge in [0.25, 0.3) is 5.70 Å². The van der Waals surface area contributed by atoms with Crippen LogP contribution in [0.25, 0.3) is 11.8 Å². The van der Waals surface area contributed by atoms with E-state index < -0.39 is 0 Å². The largest absolute Gasteiger partial charge is 0.277 e. The lowest BCUT2D eigenvalue weighted by Crippen LogP contribution is -1.97. The van der Waals surface area contributed by atoms with Gasteiger partial charge in [-0.1, -0.05) is 29.8 Å². The Morgan fingerprint density at radius 1 is 1.10 bits per heavy atom. The van der Waals surface area contributed by atoms with Gasteiger partial charge in [0, 0.05) is 11.0 Å². The first kappa shape index (κ1) is 14.3. The summed E-state index contributed by atoms with van der Waals surface area (Å²) in [5.41, 5.74) is 2.69. The predicted molar refractivity (Wildman–Crippen MR) is 84.3 cm³/mol. The molecule has 0 fully saturated rings. The molecule has 2 aromatic rings. The smallest absolute Gasteiger partial charge is 0.258 e. The monoisotopic (exact) mass is 285 g/mol. The molecule has 0 amide bonds. The quantitative estimate of drug-likeness (QED) is 0.360. The van der Waals surface area contributed by atoms with Crippen molar-refractivity contribution in [3.05, 3.63) is 75.3 Å². The third kappa shape index (κ3) is 3.48. The molecule has 0 atom stereocenters. The van der Waals surface area contributed by atoms with Crippen LogP contribution in [0.5, 0.6) is 0 Å². The molecular weight excluding hydrogens is 270 g/mol. The Kier molecular flexibility index (Phi) is 4.58. The average Bonchev–Trinajstić information content (AvgIpc) is 2.46. The van der Waals surface area contributed by atoms with E-state index >= 15 is 0 Å². The summed E-state index contributed by atoms with van der Waals surface area (Å²) in [5, 5.41) is 11.3. The minimum absolute atomic E-state index is 0.113. The van der Waals surface area contributed by atoms with Crippen LogP contribution < -0.4 is 0 Å². The summed E-state index contributed by atoms with van der Waals surface area (Å²) in [6.07, 6.45) is 3.58. The zero-order valence-corrected chi connectivity index (χ0v) is 12.2. The van der Waals surface area contributed by atoms with E-state index in [1.54, 1.807) is 30.0 Å². The third-order valence-electron chi connectivity index (χ3n) is 2.96. The van der Waals surface area contributed by atoms with Gasteiger partial charge in [0.15, 0.2) is 0 Å². The molecule has 4 heteroatoms. The highest BCUT2D eigenvalue weighted by atomic mass is 32.2. The number of hydrogen-bond donors (Lipinski definition) is 0. The summed E-state index contributed by atoms with van der Waals surface area (Å²) in [4.78, 5) is 12.0. The highest BCUT2D eigenvalue weighted by molar-refractivity contribution is 7.98. The molecular formula is C16H15NO2S. The van der Waals surface area contributed by atoms with Crippen molar-refractivity contribution in [3.8, 4) is 0 Å². The number of nitrogens with zero attached hydrogens (tertiary/aromatic N) is 1. The van der Waals surface area contributed by atoms with Gasteiger partial charge in [-0.25, -0.2) is 0 Å². The summed E-state index contributed by atoms with van der Waals surface area (Å²) in [6, 6.07) is 15.0. The highest BCUT2D eigenvalue weighted by Crippen LogP contribution is 2.22. The number of thioether (sulfide) groups is 1. The lowest BCUT2D eigenvalue weighted by atomic mass is 10.1. The fourth-order valence-electron chi connectivity index (χ4n) is 1.82. The van der Waals surface area contributed by atoms with Crippen LogP contribution in [0.3, 0.4) is 0 Å². The molecule has 0 heterocycles. The Morgan fingerprint density at radius 3 is 2.20 bits per heavy atom. The van der Waals surface area contributed by atoms with Crippen LogP contribution in [0, 0.1) is 17.0 Å². The Morgan fingerprint density at radius 2 is 1.70 bits per heavy atom. The van der Waals surface area contributed by atoms with E-state index in [4.69, 9.17) is 0 Å². The van der Waals surface area contributed by atoms with Crippen molar-refractivity contribution in [1.82, 2.24) is 0 Å². The second-order valence-corrected chi connectivity index (χ2v) is 5.31. The molecule has 0 unspecified atom stereocenters. The zero-order valence-electron chi connectivity index (χ0n) is 11.4. The Balaban J connectivity index is 2.39. The summed E-state index contributed by atoms with van der Waals surface area (Å²) < 4.78 is 0. The maximum Gasteiger partial charge on any atom is 0.277 e. The molecule has 2 rings (SSSR count). The molecule has 0 N–H and O–H groups in total. The molecule has 0 saturated heterocycles. The average molecular weight is 285 g/mol. The van der Waals surface area contributed by atoms with Crippen molar-refractivity contribution >= 4 is 23.5 Å². The van der Waals surface area contributed by atoms with Gasteiger partial charge in [-0.15, -0.1) is 11.8 Å². The van der Waals surface area contributed by atoms with E-state index in [9.17, 15) is 10.1 Å². The molecule has 0 aromatic heterocycles. The molecule has 0 aliphatic carbocycles. The summed E-state index contributed by atoms with van der Waals surface area (Å²) >= 11 is 1.61. The summed E-state index contributed by atoms with van der Waals surface area (Å²) in [5.74, 6) is 0. The maximum absolute atomic E-state index is 11.3. The van der Waals surface area contributed by atoms with Crippen LogP contribution in [-0.2, 0) is 0 Å². The molecule has 20 heavy (non-hydrogen) atoms. The van der Waals surface area contributed by atoms with Gasteiger partial charge in [0.05, 0.1) is 10.5 Å². The van der Waals surface area contributed by atoms with Gasteiger partial charge in [-0.05, 0) is 43.0 Å². The van der Waals surface area contributed by atoms with Crippen LogP contribution in [0.2, 0.25) is 0 Å². The molecule has 0 aliphatic rings. The van der Waals surface area contributed by atoms with E-state index in [1.807, 2.05) is 49.6 Å². The molecule has 3 nitrogen and oxygen atoms in total. The normalized spacial score (nSPS) is 11.4. The van der Waals surface area contributed by atoms with Gasteiger partial charge in [-0.3, -0.25) is 10.1 Å². The van der Waals surface area contributed by atoms with Crippen molar-refractivity contribution in [2.75, 3.05) is 6.26 Å². The van der Waals surface area contributed by atoms with Gasteiger partial charge in [0.1, 0.15) is 0 Å². The minimum atomic E-state index is -0.339. The van der Waals surface area contributed by atoms with Crippen molar-refractivity contribution in [2.24, 2.45) is 0 Å². The van der Waals surface area contributed by atoms with Crippen LogP contribution >= 0.6 is 11.8 Å². The number of nitro groups is 1. The third-order valence-corrected chi connectivity index (χ3v) is 3.71. The van der Waals surface area contributed by atoms with E-state index in [-0.39, 0.29) is 10.6 Å². The summed E-state index contributed by atoms with van der Waals surface area (Å²) in [7, 11) is 0. The number of benzene rings is 2. The second-order valence-electron chi connectivity index (χ2n) is 4.43. The van der Waals surface area contributed by atoms with Gasteiger partial charge in [-0.2, -0.15) is 0 Å². The predicted octanol–water partition coefficient (Wildman–Crippen LogP) is 4.49.